The largest absolute Gasteiger partial charge is 0.352 e. The van der Waals surface area contributed by atoms with Crippen LogP contribution in [0.3, 0.4) is 0 Å². The van der Waals surface area contributed by atoms with E-state index in [0.717, 1.165) is 23.2 Å². The predicted molar refractivity (Wildman–Crippen MR) is 99.3 cm³/mol. The van der Waals surface area contributed by atoms with E-state index in [2.05, 4.69) is 24.4 Å². The van der Waals surface area contributed by atoms with Crippen LogP contribution in [-0.2, 0) is 22.6 Å². The summed E-state index contributed by atoms with van der Waals surface area (Å²) < 4.78 is 0. The third-order valence-electron chi connectivity index (χ3n) is 4.80. The number of amides is 2. The molecule has 1 aliphatic heterocycles. The smallest absolute Gasteiger partial charge is 0.227 e. The Morgan fingerprint density at radius 2 is 1.80 bits per heavy atom. The normalized spacial score (nSPS) is 17.0. The van der Waals surface area contributed by atoms with Crippen molar-refractivity contribution in [2.24, 2.45) is 5.92 Å². The molecule has 4 nitrogen and oxygen atoms in total. The zero-order valence-electron chi connectivity index (χ0n) is 14.8. The molecule has 2 aromatic rings. The Morgan fingerprint density at radius 3 is 2.48 bits per heavy atom. The number of anilines is 1. The highest BCUT2D eigenvalue weighted by Crippen LogP contribution is 2.27. The summed E-state index contributed by atoms with van der Waals surface area (Å²) in [5, 5.41) is 2.97. The zero-order chi connectivity index (χ0) is 17.8. The minimum Gasteiger partial charge on any atom is -0.352 e. The van der Waals surface area contributed by atoms with Crippen LogP contribution in [0.15, 0.2) is 48.5 Å². The average Bonchev–Trinajstić information content (AvgIpc) is 3.02. The standard InChI is InChI=1S/C21H24N2O2/c1-3-16-8-10-17(11-9-16)13-22-21(25)18-12-20(24)23(14-18)19-7-5-4-6-15(19)2/h4-11,18H,3,12-14H2,1-2H3,(H,22,25)/t18-/m1/s1. The van der Waals surface area contributed by atoms with Crippen LogP contribution in [0.5, 0.6) is 0 Å². The maximum atomic E-state index is 12.5. The van der Waals surface area contributed by atoms with E-state index in [1.54, 1.807) is 4.90 Å². The van der Waals surface area contributed by atoms with Gasteiger partial charge in [0.2, 0.25) is 11.8 Å². The second-order valence-electron chi connectivity index (χ2n) is 6.58. The van der Waals surface area contributed by atoms with E-state index in [4.69, 9.17) is 0 Å². The van der Waals surface area contributed by atoms with Gasteiger partial charge in [0, 0.05) is 25.2 Å². The molecule has 3 rings (SSSR count). The molecular formula is C21H24N2O2. The maximum absolute atomic E-state index is 12.5. The van der Waals surface area contributed by atoms with Gasteiger partial charge in [-0.3, -0.25) is 9.59 Å². The SMILES string of the molecule is CCc1ccc(CNC(=O)[C@@H]2CC(=O)N(c3ccccc3C)C2)cc1. The summed E-state index contributed by atoms with van der Waals surface area (Å²) in [7, 11) is 0. The number of carbonyl (C=O) groups excluding carboxylic acids is 2. The van der Waals surface area contributed by atoms with Crippen LogP contribution in [0.25, 0.3) is 0 Å². The summed E-state index contributed by atoms with van der Waals surface area (Å²) in [5.74, 6) is -0.326. The van der Waals surface area contributed by atoms with Crippen LogP contribution in [0, 0.1) is 12.8 Å². The van der Waals surface area contributed by atoms with Gasteiger partial charge in [0.15, 0.2) is 0 Å². The van der Waals surface area contributed by atoms with E-state index in [-0.39, 0.29) is 24.2 Å². The Hall–Kier alpha value is -2.62. The Kier molecular flexibility index (Phi) is 5.17. The van der Waals surface area contributed by atoms with Gasteiger partial charge < -0.3 is 10.2 Å². The van der Waals surface area contributed by atoms with Gasteiger partial charge in [-0.05, 0) is 36.1 Å². The third-order valence-corrected chi connectivity index (χ3v) is 4.80. The van der Waals surface area contributed by atoms with Gasteiger partial charge in [-0.2, -0.15) is 0 Å². The van der Waals surface area contributed by atoms with Gasteiger partial charge in [0.1, 0.15) is 0 Å². The monoisotopic (exact) mass is 336 g/mol. The van der Waals surface area contributed by atoms with Crippen molar-refractivity contribution in [3.63, 3.8) is 0 Å². The van der Waals surface area contributed by atoms with Crippen molar-refractivity contribution in [2.75, 3.05) is 11.4 Å². The van der Waals surface area contributed by atoms with E-state index in [1.165, 1.54) is 5.56 Å². The van der Waals surface area contributed by atoms with E-state index < -0.39 is 0 Å². The van der Waals surface area contributed by atoms with Crippen molar-refractivity contribution in [3.8, 4) is 0 Å². The first-order chi connectivity index (χ1) is 12.1. The molecule has 1 atom stereocenters. The molecule has 0 radical (unpaired) electrons. The molecule has 25 heavy (non-hydrogen) atoms. The summed E-state index contributed by atoms with van der Waals surface area (Å²) in [4.78, 5) is 26.5. The van der Waals surface area contributed by atoms with Crippen LogP contribution in [0.2, 0.25) is 0 Å². The fourth-order valence-electron chi connectivity index (χ4n) is 3.21. The first-order valence-electron chi connectivity index (χ1n) is 8.80. The zero-order valence-corrected chi connectivity index (χ0v) is 14.8. The molecule has 0 unspecified atom stereocenters. The molecule has 2 aromatic carbocycles. The topological polar surface area (TPSA) is 49.4 Å². The van der Waals surface area contributed by atoms with Gasteiger partial charge in [0.25, 0.3) is 0 Å². The quantitative estimate of drug-likeness (QED) is 0.911. The van der Waals surface area contributed by atoms with E-state index in [9.17, 15) is 9.59 Å². The number of carbonyl (C=O) groups is 2. The number of hydrogen-bond donors (Lipinski definition) is 1. The summed E-state index contributed by atoms with van der Waals surface area (Å²) >= 11 is 0. The second-order valence-corrected chi connectivity index (χ2v) is 6.58. The molecule has 0 aromatic heterocycles. The van der Waals surface area contributed by atoms with Crippen molar-refractivity contribution >= 4 is 17.5 Å². The fourth-order valence-corrected chi connectivity index (χ4v) is 3.21. The second kappa shape index (κ2) is 7.51. The third kappa shape index (κ3) is 3.90. The predicted octanol–water partition coefficient (Wildman–Crippen LogP) is 3.23. The van der Waals surface area contributed by atoms with Gasteiger partial charge in [0.05, 0.1) is 5.92 Å². The molecule has 1 N–H and O–H groups in total. The van der Waals surface area contributed by atoms with E-state index >= 15 is 0 Å². The van der Waals surface area contributed by atoms with Crippen molar-refractivity contribution in [3.05, 3.63) is 65.2 Å². The number of aryl methyl sites for hydroxylation is 2. The number of benzene rings is 2. The van der Waals surface area contributed by atoms with Crippen LogP contribution in [-0.4, -0.2) is 18.4 Å². The highest BCUT2D eigenvalue weighted by atomic mass is 16.2. The number of para-hydroxylation sites is 1. The van der Waals surface area contributed by atoms with Crippen LogP contribution >= 0.6 is 0 Å². The molecule has 0 spiro atoms. The summed E-state index contributed by atoms with van der Waals surface area (Å²) in [6.45, 7) is 5.05. The number of nitrogens with zero attached hydrogens (tertiary/aromatic N) is 1. The first kappa shape index (κ1) is 17.2. The Bertz CT molecular complexity index is 768. The number of hydrogen-bond acceptors (Lipinski definition) is 2. The molecule has 4 heteroatoms. The Labute approximate surface area is 148 Å². The first-order valence-corrected chi connectivity index (χ1v) is 8.80. The number of rotatable bonds is 5. The lowest BCUT2D eigenvalue weighted by molar-refractivity contribution is -0.126. The number of nitrogens with one attached hydrogen (secondary N) is 1. The van der Waals surface area contributed by atoms with Crippen molar-refractivity contribution in [1.82, 2.24) is 5.32 Å². The Morgan fingerprint density at radius 1 is 1.12 bits per heavy atom. The van der Waals surface area contributed by atoms with Crippen molar-refractivity contribution < 1.29 is 9.59 Å². The van der Waals surface area contributed by atoms with Crippen LogP contribution < -0.4 is 10.2 Å². The summed E-state index contributed by atoms with van der Waals surface area (Å²) in [6.07, 6.45) is 1.28. The molecule has 1 aliphatic rings. The lowest BCUT2D eigenvalue weighted by Gasteiger charge is -2.19. The highest BCUT2D eigenvalue weighted by Gasteiger charge is 2.35. The van der Waals surface area contributed by atoms with Crippen molar-refractivity contribution in [2.45, 2.75) is 33.2 Å². The highest BCUT2D eigenvalue weighted by molar-refractivity contribution is 6.00. The summed E-state index contributed by atoms with van der Waals surface area (Å²) in [5.41, 5.74) is 4.31. The van der Waals surface area contributed by atoms with Gasteiger partial charge >= 0.3 is 0 Å². The molecule has 0 aliphatic carbocycles. The average molecular weight is 336 g/mol. The van der Waals surface area contributed by atoms with Gasteiger partial charge in [-0.15, -0.1) is 0 Å². The van der Waals surface area contributed by atoms with Gasteiger partial charge in [-0.1, -0.05) is 49.4 Å². The molecule has 130 valence electrons. The molecular weight excluding hydrogens is 312 g/mol. The van der Waals surface area contributed by atoms with Crippen LogP contribution in [0.1, 0.15) is 30.0 Å². The summed E-state index contributed by atoms with van der Waals surface area (Å²) in [6, 6.07) is 16.0. The lowest BCUT2D eigenvalue weighted by atomic mass is 10.1. The molecule has 0 bridgehead atoms. The van der Waals surface area contributed by atoms with E-state index in [1.807, 2.05) is 43.3 Å². The van der Waals surface area contributed by atoms with E-state index in [0.29, 0.717) is 13.1 Å². The minimum absolute atomic E-state index is 0.0155. The van der Waals surface area contributed by atoms with Crippen LogP contribution in [0.4, 0.5) is 5.69 Å². The van der Waals surface area contributed by atoms with Crippen molar-refractivity contribution in [1.29, 1.82) is 0 Å². The molecule has 1 saturated heterocycles. The fraction of sp³-hybridized carbons (Fsp3) is 0.333. The Balaban J connectivity index is 1.60. The molecule has 0 saturated carbocycles. The maximum Gasteiger partial charge on any atom is 0.227 e. The molecule has 1 fully saturated rings. The minimum atomic E-state index is -0.290. The lowest BCUT2D eigenvalue weighted by Crippen LogP contribution is -2.32. The molecule has 2 amide bonds. The molecule has 1 heterocycles. The van der Waals surface area contributed by atoms with Gasteiger partial charge in [-0.25, -0.2) is 0 Å².